The molecule has 0 unspecified atom stereocenters. The van der Waals surface area contributed by atoms with Gasteiger partial charge in [-0.1, -0.05) is 26.0 Å². The van der Waals surface area contributed by atoms with E-state index in [0.717, 1.165) is 0 Å². The lowest BCUT2D eigenvalue weighted by Gasteiger charge is -2.25. The molecule has 0 fully saturated rings. The summed E-state index contributed by atoms with van der Waals surface area (Å²) in [4.78, 5) is 0.0413. The van der Waals surface area contributed by atoms with Crippen LogP contribution in [0, 0.1) is 0 Å². The molecule has 1 aromatic carbocycles. The fourth-order valence-corrected chi connectivity index (χ4v) is 2.78. The molecule has 0 aromatic heterocycles. The Balaban J connectivity index is 2.88. The standard InChI is InChI=1S/C12H20N2O3S/c1-3-12(15,4-2)9-14-18(16,17)11-8-6-5-7-10(11)13/h5-8,14-15H,3-4,9,13H2,1-2H3. The first-order valence-corrected chi connectivity index (χ1v) is 7.39. The van der Waals surface area contributed by atoms with Gasteiger partial charge in [0.15, 0.2) is 0 Å². The summed E-state index contributed by atoms with van der Waals surface area (Å²) in [6.45, 7) is 3.61. The molecule has 0 amide bonds. The highest BCUT2D eigenvalue weighted by Crippen LogP contribution is 2.19. The van der Waals surface area contributed by atoms with E-state index in [-0.39, 0.29) is 17.1 Å². The molecule has 1 aromatic rings. The van der Waals surface area contributed by atoms with E-state index in [2.05, 4.69) is 4.72 Å². The van der Waals surface area contributed by atoms with Gasteiger partial charge in [-0.25, -0.2) is 13.1 Å². The van der Waals surface area contributed by atoms with Crippen LogP contribution >= 0.6 is 0 Å². The van der Waals surface area contributed by atoms with Crippen LogP contribution in [0.4, 0.5) is 5.69 Å². The molecule has 4 N–H and O–H groups in total. The zero-order chi connectivity index (χ0) is 13.8. The maximum absolute atomic E-state index is 12.0. The second-order valence-corrected chi connectivity index (χ2v) is 6.03. The Morgan fingerprint density at radius 3 is 2.33 bits per heavy atom. The summed E-state index contributed by atoms with van der Waals surface area (Å²) in [6, 6.07) is 6.24. The number of anilines is 1. The average Bonchev–Trinajstić information content (AvgIpc) is 2.36. The molecule has 1 rings (SSSR count). The normalized spacial score (nSPS) is 12.6. The molecule has 0 bridgehead atoms. The molecule has 0 saturated carbocycles. The molecule has 102 valence electrons. The molecule has 0 spiro atoms. The monoisotopic (exact) mass is 272 g/mol. The predicted octanol–water partition coefficient (Wildman–Crippen LogP) is 1.10. The summed E-state index contributed by atoms with van der Waals surface area (Å²) < 4.78 is 26.5. The Morgan fingerprint density at radius 2 is 1.83 bits per heavy atom. The maximum Gasteiger partial charge on any atom is 0.242 e. The Labute approximate surface area is 108 Å². The highest BCUT2D eigenvalue weighted by molar-refractivity contribution is 7.89. The van der Waals surface area contributed by atoms with Crippen molar-refractivity contribution in [2.45, 2.75) is 37.2 Å². The second-order valence-electron chi connectivity index (χ2n) is 4.29. The Kier molecular flexibility index (Phi) is 4.72. The lowest BCUT2D eigenvalue weighted by Crippen LogP contribution is -2.42. The molecule has 0 saturated heterocycles. The van der Waals surface area contributed by atoms with Gasteiger partial charge in [-0.2, -0.15) is 0 Å². The highest BCUT2D eigenvalue weighted by Gasteiger charge is 2.26. The molecule has 0 heterocycles. The van der Waals surface area contributed by atoms with Gasteiger partial charge >= 0.3 is 0 Å². The minimum atomic E-state index is -3.68. The number of para-hydroxylation sites is 1. The summed E-state index contributed by atoms with van der Waals surface area (Å²) in [7, 11) is -3.68. The summed E-state index contributed by atoms with van der Waals surface area (Å²) >= 11 is 0. The molecule has 0 aliphatic carbocycles. The first-order valence-electron chi connectivity index (χ1n) is 5.91. The molecule has 0 radical (unpaired) electrons. The fourth-order valence-electron chi connectivity index (χ4n) is 1.53. The number of nitrogens with one attached hydrogen (secondary N) is 1. The Morgan fingerprint density at radius 1 is 1.28 bits per heavy atom. The van der Waals surface area contributed by atoms with Gasteiger partial charge in [-0.05, 0) is 25.0 Å². The van der Waals surface area contributed by atoms with E-state index < -0.39 is 15.6 Å². The zero-order valence-electron chi connectivity index (χ0n) is 10.7. The van der Waals surface area contributed by atoms with Crippen molar-refractivity contribution in [3.05, 3.63) is 24.3 Å². The van der Waals surface area contributed by atoms with Crippen LogP contribution in [0.5, 0.6) is 0 Å². The van der Waals surface area contributed by atoms with E-state index in [0.29, 0.717) is 12.8 Å². The van der Waals surface area contributed by atoms with Gasteiger partial charge in [0, 0.05) is 6.54 Å². The van der Waals surface area contributed by atoms with Crippen molar-refractivity contribution < 1.29 is 13.5 Å². The van der Waals surface area contributed by atoms with Crippen molar-refractivity contribution in [2.75, 3.05) is 12.3 Å². The van der Waals surface area contributed by atoms with Crippen LogP contribution in [0.15, 0.2) is 29.2 Å². The predicted molar refractivity (Wildman–Crippen MR) is 71.6 cm³/mol. The lowest BCUT2D eigenvalue weighted by atomic mass is 9.98. The van der Waals surface area contributed by atoms with Crippen molar-refractivity contribution in [3.8, 4) is 0 Å². The summed E-state index contributed by atoms with van der Waals surface area (Å²) in [6.07, 6.45) is 0.965. The maximum atomic E-state index is 12.0. The van der Waals surface area contributed by atoms with E-state index in [1.54, 1.807) is 12.1 Å². The number of sulfonamides is 1. The number of rotatable bonds is 6. The Hall–Kier alpha value is -1.11. The first kappa shape index (κ1) is 14.9. The Bertz CT molecular complexity index is 496. The number of nitrogens with two attached hydrogens (primary N) is 1. The summed E-state index contributed by atoms with van der Waals surface area (Å²) in [5.74, 6) is 0. The van der Waals surface area contributed by atoms with E-state index in [4.69, 9.17) is 5.73 Å². The molecule has 5 nitrogen and oxygen atoms in total. The first-order chi connectivity index (χ1) is 8.34. The number of benzene rings is 1. The van der Waals surface area contributed by atoms with Crippen LogP contribution in [0.1, 0.15) is 26.7 Å². The summed E-state index contributed by atoms with van der Waals surface area (Å²) in [5, 5.41) is 10.1. The minimum absolute atomic E-state index is 0.0172. The lowest BCUT2D eigenvalue weighted by molar-refractivity contribution is 0.0377. The molecule has 6 heteroatoms. The summed E-state index contributed by atoms with van der Waals surface area (Å²) in [5.41, 5.74) is 4.81. The molecule has 0 aliphatic heterocycles. The van der Waals surface area contributed by atoms with Gasteiger partial charge in [0.05, 0.1) is 11.3 Å². The van der Waals surface area contributed by atoms with Crippen LogP contribution in [0.2, 0.25) is 0 Å². The number of aliphatic hydroxyl groups is 1. The van der Waals surface area contributed by atoms with Crippen molar-refractivity contribution in [1.29, 1.82) is 0 Å². The van der Waals surface area contributed by atoms with Crippen molar-refractivity contribution in [2.24, 2.45) is 0 Å². The van der Waals surface area contributed by atoms with Crippen molar-refractivity contribution >= 4 is 15.7 Å². The number of hydrogen-bond acceptors (Lipinski definition) is 4. The van der Waals surface area contributed by atoms with Gasteiger partial charge in [-0.15, -0.1) is 0 Å². The van der Waals surface area contributed by atoms with E-state index in [9.17, 15) is 13.5 Å². The number of hydrogen-bond donors (Lipinski definition) is 3. The second kappa shape index (κ2) is 5.69. The molecule has 18 heavy (non-hydrogen) atoms. The largest absolute Gasteiger partial charge is 0.398 e. The van der Waals surface area contributed by atoms with Crippen LogP contribution in [0.3, 0.4) is 0 Å². The average molecular weight is 272 g/mol. The number of nitrogen functional groups attached to an aromatic ring is 1. The highest BCUT2D eigenvalue weighted by atomic mass is 32.2. The van der Waals surface area contributed by atoms with Crippen molar-refractivity contribution in [1.82, 2.24) is 4.72 Å². The molecule has 0 aliphatic rings. The van der Waals surface area contributed by atoms with Gasteiger partial charge in [0.1, 0.15) is 4.90 Å². The van der Waals surface area contributed by atoms with E-state index >= 15 is 0 Å². The molecular formula is C12H20N2O3S. The SMILES string of the molecule is CCC(O)(CC)CNS(=O)(=O)c1ccccc1N. The molecule has 0 atom stereocenters. The van der Waals surface area contributed by atoms with Crippen LogP contribution in [0.25, 0.3) is 0 Å². The van der Waals surface area contributed by atoms with Gasteiger partial charge < -0.3 is 10.8 Å². The molecular weight excluding hydrogens is 252 g/mol. The van der Waals surface area contributed by atoms with Gasteiger partial charge in [-0.3, -0.25) is 0 Å². The smallest absolute Gasteiger partial charge is 0.242 e. The third-order valence-corrected chi connectivity index (χ3v) is 4.59. The fraction of sp³-hybridized carbons (Fsp3) is 0.500. The van der Waals surface area contributed by atoms with Crippen LogP contribution < -0.4 is 10.5 Å². The van der Waals surface area contributed by atoms with Crippen LogP contribution in [-0.2, 0) is 10.0 Å². The van der Waals surface area contributed by atoms with Gasteiger partial charge in [0.2, 0.25) is 10.0 Å². The quantitative estimate of drug-likeness (QED) is 0.676. The topological polar surface area (TPSA) is 92.4 Å². The van der Waals surface area contributed by atoms with Crippen LogP contribution in [-0.4, -0.2) is 25.7 Å². The third-order valence-electron chi connectivity index (χ3n) is 3.12. The zero-order valence-corrected chi connectivity index (χ0v) is 11.5. The van der Waals surface area contributed by atoms with E-state index in [1.807, 2.05) is 13.8 Å². The third kappa shape index (κ3) is 3.44. The van der Waals surface area contributed by atoms with Crippen molar-refractivity contribution in [3.63, 3.8) is 0 Å². The van der Waals surface area contributed by atoms with Gasteiger partial charge in [0.25, 0.3) is 0 Å². The van der Waals surface area contributed by atoms with E-state index in [1.165, 1.54) is 12.1 Å². The minimum Gasteiger partial charge on any atom is -0.398 e.